The topological polar surface area (TPSA) is 173 Å². The van der Waals surface area contributed by atoms with Gasteiger partial charge in [0, 0.05) is 43.4 Å². The maximum atomic E-state index is 13.6. The molecule has 0 heterocycles. The molecule has 3 aliphatic rings. The summed E-state index contributed by atoms with van der Waals surface area (Å²) in [5.41, 5.74) is 4.66. The van der Waals surface area contributed by atoms with Gasteiger partial charge in [-0.15, -0.1) is 0 Å². The highest BCUT2D eigenvalue weighted by Gasteiger charge is 2.64. The Bertz CT molecular complexity index is 1130. The Morgan fingerprint density at radius 2 is 1.94 bits per heavy atom. The number of aliphatic hydroxyl groups excluding tert-OH is 2. The zero-order valence-corrected chi connectivity index (χ0v) is 20.2. The number of nitrogens with zero attached hydrogens (tertiary/aromatic N) is 1. The first-order chi connectivity index (χ1) is 16.4. The van der Waals surface area contributed by atoms with Crippen LogP contribution in [0.1, 0.15) is 42.9 Å². The fourth-order valence-corrected chi connectivity index (χ4v) is 5.96. The summed E-state index contributed by atoms with van der Waals surface area (Å²) >= 11 is 0. The molecule has 0 saturated heterocycles. The van der Waals surface area contributed by atoms with Gasteiger partial charge in [0.05, 0.1) is 11.7 Å². The number of anilines is 1. The predicted molar refractivity (Wildman–Crippen MR) is 128 cm³/mol. The summed E-state index contributed by atoms with van der Waals surface area (Å²) in [6.45, 7) is 3.09. The maximum Gasteiger partial charge on any atom is 0.230 e. The molecule has 0 spiro atoms. The number of rotatable bonds is 6. The van der Waals surface area contributed by atoms with Crippen molar-refractivity contribution in [3.8, 4) is 5.75 Å². The van der Waals surface area contributed by atoms with Crippen molar-refractivity contribution in [2.45, 2.75) is 50.9 Å². The first-order valence-corrected chi connectivity index (χ1v) is 11.9. The quantitative estimate of drug-likeness (QED) is 0.241. The predicted octanol–water partition coefficient (Wildman–Crippen LogP) is 0.155. The SMILES string of the molecule is CCCNCc1cc(N(C)C)c2c(c1O)C(O)=C1C(=O)[C@]3(O)C(=O)C(C(N)=O)C(O)C[C@@H]3C[C@@H]1C2. The molecule has 1 aromatic rings. The van der Waals surface area contributed by atoms with E-state index in [0.29, 0.717) is 24.1 Å². The van der Waals surface area contributed by atoms with Gasteiger partial charge in [-0.05, 0) is 49.8 Å². The third kappa shape index (κ3) is 3.71. The highest BCUT2D eigenvalue weighted by atomic mass is 16.3. The number of ketones is 2. The lowest BCUT2D eigenvalue weighted by molar-refractivity contribution is -0.174. The lowest BCUT2D eigenvalue weighted by Crippen LogP contribution is -2.66. The summed E-state index contributed by atoms with van der Waals surface area (Å²) in [4.78, 5) is 40.4. The average Bonchev–Trinajstić information content (AvgIpc) is 2.77. The molecule has 10 heteroatoms. The van der Waals surface area contributed by atoms with Crippen LogP contribution in [0.5, 0.6) is 5.75 Å². The molecule has 7 N–H and O–H groups in total. The van der Waals surface area contributed by atoms with E-state index in [0.717, 1.165) is 18.7 Å². The average molecular weight is 488 g/mol. The van der Waals surface area contributed by atoms with E-state index in [1.165, 1.54) is 0 Å². The van der Waals surface area contributed by atoms with E-state index < -0.39 is 52.7 Å². The molecular weight excluding hydrogens is 454 g/mol. The number of aromatic hydroxyl groups is 1. The van der Waals surface area contributed by atoms with Crippen LogP contribution in [0.25, 0.3) is 5.76 Å². The van der Waals surface area contributed by atoms with Gasteiger partial charge in [-0.25, -0.2) is 0 Å². The second-order valence-electron chi connectivity index (χ2n) is 10.1. The number of aliphatic hydroxyl groups is 3. The fraction of sp³-hybridized carbons (Fsp3) is 0.560. The summed E-state index contributed by atoms with van der Waals surface area (Å²) < 4.78 is 0. The molecule has 10 nitrogen and oxygen atoms in total. The second kappa shape index (κ2) is 8.92. The summed E-state index contributed by atoms with van der Waals surface area (Å²) in [5, 5.41) is 47.4. The van der Waals surface area contributed by atoms with Gasteiger partial charge < -0.3 is 36.4 Å². The molecule has 1 amide bonds. The largest absolute Gasteiger partial charge is 0.507 e. The van der Waals surface area contributed by atoms with E-state index >= 15 is 0 Å². The molecule has 0 aliphatic heterocycles. The second-order valence-corrected chi connectivity index (χ2v) is 10.1. The lowest BCUT2D eigenvalue weighted by Gasteiger charge is -2.48. The highest BCUT2D eigenvalue weighted by molar-refractivity contribution is 6.24. The maximum absolute atomic E-state index is 13.6. The number of hydrogen-bond donors (Lipinski definition) is 6. The molecule has 0 bridgehead atoms. The van der Waals surface area contributed by atoms with E-state index in [-0.39, 0.29) is 29.7 Å². The van der Waals surface area contributed by atoms with Crippen molar-refractivity contribution >= 4 is 28.9 Å². The zero-order chi connectivity index (χ0) is 25.8. The number of carbonyl (C=O) groups excluding carboxylic acids is 3. The number of phenols is 1. The normalized spacial score (nSPS) is 30.0. The number of nitrogens with one attached hydrogen (secondary N) is 1. The van der Waals surface area contributed by atoms with Gasteiger partial charge in [-0.1, -0.05) is 6.92 Å². The Morgan fingerprint density at radius 1 is 1.26 bits per heavy atom. The van der Waals surface area contributed by atoms with Gasteiger partial charge in [0.2, 0.25) is 11.7 Å². The molecule has 2 saturated carbocycles. The number of phenolic OH excluding ortho intramolecular Hbond substituents is 1. The van der Waals surface area contributed by atoms with Gasteiger partial charge in [0.15, 0.2) is 11.4 Å². The van der Waals surface area contributed by atoms with Gasteiger partial charge in [-0.3, -0.25) is 14.4 Å². The number of nitrogens with two attached hydrogens (primary N) is 1. The number of primary amides is 1. The van der Waals surface area contributed by atoms with Crippen LogP contribution in [0.4, 0.5) is 5.69 Å². The first kappa shape index (κ1) is 25.2. The van der Waals surface area contributed by atoms with Crippen LogP contribution in [0.15, 0.2) is 11.6 Å². The number of hydrogen-bond acceptors (Lipinski definition) is 9. The molecule has 1 aromatic carbocycles. The molecular formula is C25H33N3O7. The van der Waals surface area contributed by atoms with Crippen molar-refractivity contribution in [1.29, 1.82) is 0 Å². The smallest absolute Gasteiger partial charge is 0.230 e. The molecule has 3 aliphatic carbocycles. The third-order valence-corrected chi connectivity index (χ3v) is 7.66. The summed E-state index contributed by atoms with van der Waals surface area (Å²) in [5.74, 6) is -7.06. The van der Waals surface area contributed by atoms with Gasteiger partial charge in [-0.2, -0.15) is 0 Å². The monoisotopic (exact) mass is 487 g/mol. The van der Waals surface area contributed by atoms with Crippen molar-refractivity contribution in [3.63, 3.8) is 0 Å². The van der Waals surface area contributed by atoms with E-state index in [4.69, 9.17) is 5.73 Å². The Hall–Kier alpha value is -2.95. The highest BCUT2D eigenvalue weighted by Crippen LogP contribution is 2.53. The Kier molecular flexibility index (Phi) is 6.41. The number of Topliss-reactive ketones (excluding diaryl/α,β-unsaturated/α-hetero) is 2. The fourth-order valence-electron chi connectivity index (χ4n) is 5.96. The zero-order valence-electron chi connectivity index (χ0n) is 20.2. The summed E-state index contributed by atoms with van der Waals surface area (Å²) in [6, 6.07) is 1.85. The van der Waals surface area contributed by atoms with Gasteiger partial charge >= 0.3 is 0 Å². The van der Waals surface area contributed by atoms with Crippen molar-refractivity contribution < 1.29 is 34.8 Å². The van der Waals surface area contributed by atoms with Crippen LogP contribution >= 0.6 is 0 Å². The minimum absolute atomic E-state index is 0.112. The van der Waals surface area contributed by atoms with Crippen LogP contribution in [0.2, 0.25) is 0 Å². The van der Waals surface area contributed by atoms with E-state index in [1.54, 1.807) is 0 Å². The number of benzene rings is 1. The van der Waals surface area contributed by atoms with Crippen LogP contribution < -0.4 is 16.0 Å². The Balaban J connectivity index is 1.86. The van der Waals surface area contributed by atoms with Crippen molar-refractivity contribution in [3.05, 3.63) is 28.3 Å². The number of fused-ring (bicyclic) bond motifs is 3. The minimum atomic E-state index is -2.57. The van der Waals surface area contributed by atoms with Crippen molar-refractivity contribution in [1.82, 2.24) is 5.32 Å². The summed E-state index contributed by atoms with van der Waals surface area (Å²) in [6.07, 6.45) is -0.213. The first-order valence-electron chi connectivity index (χ1n) is 11.9. The Labute approximate surface area is 203 Å². The van der Waals surface area contributed by atoms with Crippen molar-refractivity contribution in [2.75, 3.05) is 25.5 Å². The summed E-state index contributed by atoms with van der Waals surface area (Å²) in [7, 11) is 3.69. The van der Waals surface area contributed by atoms with Crippen LogP contribution in [0.3, 0.4) is 0 Å². The third-order valence-electron chi connectivity index (χ3n) is 7.66. The lowest BCUT2D eigenvalue weighted by atomic mass is 9.56. The molecule has 2 unspecified atom stereocenters. The van der Waals surface area contributed by atoms with E-state index in [2.05, 4.69) is 5.32 Å². The molecule has 5 atom stereocenters. The van der Waals surface area contributed by atoms with Crippen LogP contribution in [-0.2, 0) is 27.3 Å². The molecule has 4 rings (SSSR count). The van der Waals surface area contributed by atoms with Crippen molar-refractivity contribution in [2.24, 2.45) is 23.5 Å². The molecule has 0 radical (unpaired) electrons. The Morgan fingerprint density at radius 3 is 2.54 bits per heavy atom. The van der Waals surface area contributed by atoms with E-state index in [1.807, 2.05) is 32.0 Å². The number of amides is 1. The van der Waals surface area contributed by atoms with Crippen LogP contribution in [-0.4, -0.2) is 70.2 Å². The molecule has 35 heavy (non-hydrogen) atoms. The van der Waals surface area contributed by atoms with Gasteiger partial charge in [0.25, 0.3) is 0 Å². The molecule has 2 fully saturated rings. The standard InChI is InChI=1S/C25H33N3O7/c1-4-5-27-10-12-8-15(28(2)3)14-7-11-6-13-9-16(29)19(24(26)34)23(33)25(13,35)22(32)17(11)21(31)18(14)20(12)30/h8,11,13,16,19,27,29-31,35H,4-7,9-10H2,1-3H3,(H2,26,34)/t11-,13+,16?,19?,25+/m1/s1. The minimum Gasteiger partial charge on any atom is -0.507 e. The molecule has 190 valence electrons. The van der Waals surface area contributed by atoms with Crippen LogP contribution in [0, 0.1) is 17.8 Å². The number of carbonyl (C=O) groups is 3. The van der Waals surface area contributed by atoms with E-state index in [9.17, 15) is 34.8 Å². The van der Waals surface area contributed by atoms with Gasteiger partial charge in [0.1, 0.15) is 17.4 Å². The molecule has 0 aromatic heterocycles.